The van der Waals surface area contributed by atoms with Crippen molar-refractivity contribution in [3.05, 3.63) is 22.1 Å². The summed E-state index contributed by atoms with van der Waals surface area (Å²) in [5.41, 5.74) is 0.673. The summed E-state index contributed by atoms with van der Waals surface area (Å²) >= 11 is 1.34. The van der Waals surface area contributed by atoms with Crippen molar-refractivity contribution in [1.29, 1.82) is 0 Å². The van der Waals surface area contributed by atoms with Gasteiger partial charge in [-0.05, 0) is 6.42 Å². The third-order valence-corrected chi connectivity index (χ3v) is 4.56. The second-order valence-corrected chi connectivity index (χ2v) is 6.24. The van der Waals surface area contributed by atoms with Crippen LogP contribution in [0.5, 0.6) is 0 Å². The van der Waals surface area contributed by atoms with E-state index in [1.54, 1.807) is 11.0 Å². The molecule has 2 aromatic heterocycles. The van der Waals surface area contributed by atoms with E-state index in [4.69, 9.17) is 4.74 Å². The number of ether oxygens (including phenoxy) is 1. The van der Waals surface area contributed by atoms with Gasteiger partial charge in [-0.3, -0.25) is 19.0 Å². The van der Waals surface area contributed by atoms with E-state index in [2.05, 4.69) is 15.2 Å². The summed E-state index contributed by atoms with van der Waals surface area (Å²) in [4.78, 5) is 28.3. The monoisotopic (exact) mass is 337 g/mol. The molecule has 0 atom stereocenters. The largest absolute Gasteiger partial charge is 0.378 e. The lowest BCUT2D eigenvalue weighted by Crippen LogP contribution is -2.41. The Bertz CT molecular complexity index is 750. The summed E-state index contributed by atoms with van der Waals surface area (Å²) in [5, 5.41) is 8.74. The summed E-state index contributed by atoms with van der Waals surface area (Å²) in [6.45, 7) is 4.49. The van der Waals surface area contributed by atoms with Crippen LogP contribution in [0.15, 0.2) is 16.0 Å². The molecule has 0 aliphatic carbocycles. The number of amides is 1. The maximum Gasteiger partial charge on any atom is 0.252 e. The summed E-state index contributed by atoms with van der Waals surface area (Å²) in [6.07, 6.45) is 1.66. The van der Waals surface area contributed by atoms with Gasteiger partial charge in [0.2, 0.25) is 11.7 Å². The first-order valence-corrected chi connectivity index (χ1v) is 8.63. The molecule has 23 heavy (non-hydrogen) atoms. The minimum Gasteiger partial charge on any atom is -0.378 e. The molecule has 1 aliphatic rings. The molecule has 1 saturated heterocycles. The number of aromatic nitrogens is 4. The van der Waals surface area contributed by atoms with Crippen LogP contribution in [0.25, 0.3) is 5.78 Å². The summed E-state index contributed by atoms with van der Waals surface area (Å²) < 4.78 is 7.07. The Morgan fingerprint density at radius 2 is 2.17 bits per heavy atom. The Morgan fingerprint density at radius 1 is 1.39 bits per heavy atom. The first kappa shape index (κ1) is 16.0. The lowest BCUT2D eigenvalue weighted by atomic mass is 10.2. The molecule has 0 bridgehead atoms. The molecular weight excluding hydrogens is 318 g/mol. The van der Waals surface area contributed by atoms with E-state index in [1.807, 2.05) is 11.3 Å². The highest BCUT2D eigenvalue weighted by Crippen LogP contribution is 2.18. The number of carbonyl (C=O) groups is 1. The fourth-order valence-electron chi connectivity index (χ4n) is 2.54. The highest BCUT2D eigenvalue weighted by Gasteiger charge is 2.19. The fraction of sp³-hybridized carbons (Fsp3) is 0.571. The summed E-state index contributed by atoms with van der Waals surface area (Å²) in [7, 11) is 0. The van der Waals surface area contributed by atoms with Crippen LogP contribution in [0.2, 0.25) is 0 Å². The zero-order valence-electron chi connectivity index (χ0n) is 12.9. The van der Waals surface area contributed by atoms with Crippen LogP contribution in [0.3, 0.4) is 0 Å². The van der Waals surface area contributed by atoms with Gasteiger partial charge in [0.25, 0.3) is 5.56 Å². The number of nitrogens with zero attached hydrogens (tertiary/aromatic N) is 4. The number of aryl methyl sites for hydroxylation is 1. The topological polar surface area (TPSA) is 92.6 Å². The van der Waals surface area contributed by atoms with Crippen LogP contribution in [0, 0.1) is 0 Å². The van der Waals surface area contributed by atoms with Gasteiger partial charge in [0.15, 0.2) is 5.16 Å². The summed E-state index contributed by atoms with van der Waals surface area (Å²) in [5.74, 6) is 0.782. The maximum absolute atomic E-state index is 12.2. The average Bonchev–Trinajstić information content (AvgIpc) is 2.96. The van der Waals surface area contributed by atoms with Crippen LogP contribution in [-0.2, 0) is 16.0 Å². The number of carbonyl (C=O) groups excluding carboxylic acids is 1. The molecule has 3 rings (SSSR count). The number of thioether (sulfide) groups is 1. The zero-order chi connectivity index (χ0) is 16.2. The van der Waals surface area contributed by atoms with Gasteiger partial charge in [-0.1, -0.05) is 25.1 Å². The number of rotatable bonds is 5. The quantitative estimate of drug-likeness (QED) is 0.790. The molecular formula is C14H19N5O3S. The number of H-pyrrole nitrogens is 1. The molecule has 0 saturated carbocycles. The molecule has 2 aromatic rings. The average molecular weight is 337 g/mol. The number of hydrogen-bond acceptors (Lipinski definition) is 6. The fourth-order valence-corrected chi connectivity index (χ4v) is 3.40. The van der Waals surface area contributed by atoms with Gasteiger partial charge in [0.05, 0.1) is 19.0 Å². The van der Waals surface area contributed by atoms with Crippen molar-refractivity contribution < 1.29 is 9.53 Å². The third-order valence-electron chi connectivity index (χ3n) is 3.65. The molecule has 1 amide bonds. The van der Waals surface area contributed by atoms with E-state index in [0.717, 1.165) is 18.5 Å². The number of morpholine rings is 1. The van der Waals surface area contributed by atoms with Crippen molar-refractivity contribution in [3.8, 4) is 0 Å². The Hall–Kier alpha value is -1.87. The second kappa shape index (κ2) is 7.14. The lowest BCUT2D eigenvalue weighted by molar-refractivity contribution is -0.132. The standard InChI is InChI=1S/C14H19N5O3S/c1-2-3-10-8-11(20)15-13-16-17-14(19(10)13)23-9-12(21)18-4-6-22-7-5-18/h8H,2-7,9H2,1H3,(H,15,16,20). The molecule has 124 valence electrons. The van der Waals surface area contributed by atoms with Crippen LogP contribution >= 0.6 is 11.8 Å². The SMILES string of the molecule is CCCc1cc(=O)[nH]c2nnc(SCC(=O)N3CCOCC3)n12. The van der Waals surface area contributed by atoms with Crippen molar-refractivity contribution in [3.63, 3.8) is 0 Å². The van der Waals surface area contributed by atoms with E-state index >= 15 is 0 Å². The molecule has 1 N–H and O–H groups in total. The molecule has 0 aromatic carbocycles. The van der Waals surface area contributed by atoms with E-state index in [1.165, 1.54) is 11.8 Å². The highest BCUT2D eigenvalue weighted by molar-refractivity contribution is 7.99. The molecule has 3 heterocycles. The molecule has 0 radical (unpaired) electrons. The molecule has 0 spiro atoms. The first-order chi connectivity index (χ1) is 11.2. The van der Waals surface area contributed by atoms with Crippen LogP contribution in [0.1, 0.15) is 19.0 Å². The number of aromatic amines is 1. The van der Waals surface area contributed by atoms with Crippen LogP contribution < -0.4 is 5.56 Å². The second-order valence-electron chi connectivity index (χ2n) is 5.30. The first-order valence-electron chi connectivity index (χ1n) is 7.64. The Balaban J connectivity index is 1.77. The van der Waals surface area contributed by atoms with Crippen molar-refractivity contribution in [1.82, 2.24) is 24.5 Å². The van der Waals surface area contributed by atoms with Crippen molar-refractivity contribution in [2.45, 2.75) is 24.9 Å². The Morgan fingerprint density at radius 3 is 2.91 bits per heavy atom. The van der Waals surface area contributed by atoms with Gasteiger partial charge < -0.3 is 9.64 Å². The number of fused-ring (bicyclic) bond motifs is 1. The maximum atomic E-state index is 12.2. The molecule has 1 fully saturated rings. The smallest absolute Gasteiger partial charge is 0.252 e. The Kier molecular flexibility index (Phi) is 4.97. The summed E-state index contributed by atoms with van der Waals surface area (Å²) in [6, 6.07) is 1.56. The molecule has 9 heteroatoms. The lowest BCUT2D eigenvalue weighted by Gasteiger charge is -2.26. The van der Waals surface area contributed by atoms with Crippen molar-refractivity contribution in [2.24, 2.45) is 0 Å². The third kappa shape index (κ3) is 3.56. The molecule has 1 aliphatic heterocycles. The van der Waals surface area contributed by atoms with Gasteiger partial charge in [0.1, 0.15) is 0 Å². The van der Waals surface area contributed by atoms with Crippen LogP contribution in [-0.4, -0.2) is 62.4 Å². The Labute approximate surface area is 137 Å². The predicted octanol–water partition coefficient (Wildman–Crippen LogP) is 0.321. The number of nitrogens with one attached hydrogen (secondary N) is 1. The zero-order valence-corrected chi connectivity index (χ0v) is 13.8. The van der Waals surface area contributed by atoms with Gasteiger partial charge >= 0.3 is 0 Å². The van der Waals surface area contributed by atoms with E-state index in [0.29, 0.717) is 43.0 Å². The number of hydrogen-bond donors (Lipinski definition) is 1. The van der Waals surface area contributed by atoms with Gasteiger partial charge in [-0.2, -0.15) is 0 Å². The van der Waals surface area contributed by atoms with Gasteiger partial charge in [-0.15, -0.1) is 10.2 Å². The van der Waals surface area contributed by atoms with Crippen LogP contribution in [0.4, 0.5) is 0 Å². The van der Waals surface area contributed by atoms with Gasteiger partial charge in [0, 0.05) is 24.8 Å². The van der Waals surface area contributed by atoms with Crippen molar-refractivity contribution in [2.75, 3.05) is 32.1 Å². The van der Waals surface area contributed by atoms with E-state index in [-0.39, 0.29) is 11.5 Å². The van der Waals surface area contributed by atoms with E-state index in [9.17, 15) is 9.59 Å². The van der Waals surface area contributed by atoms with Gasteiger partial charge in [-0.25, -0.2) is 0 Å². The predicted molar refractivity (Wildman–Crippen MR) is 85.7 cm³/mol. The molecule has 0 unspecified atom stereocenters. The molecule has 8 nitrogen and oxygen atoms in total. The van der Waals surface area contributed by atoms with E-state index < -0.39 is 0 Å². The minimum atomic E-state index is -0.186. The highest BCUT2D eigenvalue weighted by atomic mass is 32.2. The normalized spacial score (nSPS) is 15.3. The van der Waals surface area contributed by atoms with Crippen molar-refractivity contribution >= 4 is 23.4 Å². The minimum absolute atomic E-state index is 0.0662.